The molecule has 1 heterocycles. The molecule has 0 atom stereocenters. The van der Waals surface area contributed by atoms with Gasteiger partial charge in [0.1, 0.15) is 11.1 Å². The van der Waals surface area contributed by atoms with Gasteiger partial charge in [0.25, 0.3) is 0 Å². The summed E-state index contributed by atoms with van der Waals surface area (Å²) >= 11 is 5.50. The van der Waals surface area contributed by atoms with E-state index < -0.39 is 12.0 Å². The predicted molar refractivity (Wildman–Crippen MR) is 79.9 cm³/mol. The lowest BCUT2D eigenvalue weighted by molar-refractivity contribution is 0.0529. The fraction of sp³-hybridized carbons (Fsp3) is 0.286. The minimum absolute atomic E-state index is 0.0572. The first-order chi connectivity index (χ1) is 10.2. The normalized spacial score (nSPS) is 10.4. The van der Waals surface area contributed by atoms with E-state index in [-0.39, 0.29) is 23.9 Å². The van der Waals surface area contributed by atoms with Gasteiger partial charge in [-0.3, -0.25) is 5.32 Å². The number of nitrogens with one attached hydrogen (secondary N) is 2. The van der Waals surface area contributed by atoms with E-state index in [9.17, 15) is 9.59 Å². The highest BCUT2D eigenvalue weighted by atomic mass is 35.5. The second-order valence-electron chi connectivity index (χ2n) is 4.09. The molecule has 0 saturated heterocycles. The summed E-state index contributed by atoms with van der Waals surface area (Å²) in [7, 11) is 0. The van der Waals surface area contributed by atoms with Gasteiger partial charge in [0.2, 0.25) is 5.88 Å². The molecule has 0 spiro atoms. The Bertz CT molecular complexity index is 653. The second kappa shape index (κ2) is 6.99. The molecule has 6 nitrogen and oxygen atoms in total. The topological polar surface area (TPSA) is 80.6 Å². The number of fused-ring (bicyclic) bond motifs is 1. The first kappa shape index (κ1) is 15.2. The van der Waals surface area contributed by atoms with Gasteiger partial charge < -0.3 is 14.5 Å². The predicted octanol–water partition coefficient (Wildman–Crippen LogP) is 2.97. The Morgan fingerprint density at radius 2 is 2.10 bits per heavy atom. The lowest BCUT2D eigenvalue weighted by atomic mass is 10.1. The van der Waals surface area contributed by atoms with Gasteiger partial charge in [-0.15, -0.1) is 11.6 Å². The second-order valence-corrected chi connectivity index (χ2v) is 4.47. The lowest BCUT2D eigenvalue weighted by Crippen LogP contribution is -2.30. The van der Waals surface area contributed by atoms with Crippen molar-refractivity contribution in [2.24, 2.45) is 0 Å². The number of carbonyl (C=O) groups is 2. The van der Waals surface area contributed by atoms with E-state index in [1.165, 1.54) is 0 Å². The largest absolute Gasteiger partial charge is 0.462 e. The zero-order chi connectivity index (χ0) is 15.2. The van der Waals surface area contributed by atoms with Crippen LogP contribution in [0.15, 0.2) is 28.7 Å². The molecule has 112 valence electrons. The van der Waals surface area contributed by atoms with Gasteiger partial charge in [-0.2, -0.15) is 0 Å². The highest BCUT2D eigenvalue weighted by Gasteiger charge is 2.23. The molecule has 2 N–H and O–H groups in total. The number of benzene rings is 1. The van der Waals surface area contributed by atoms with E-state index in [1.807, 2.05) is 0 Å². The Labute approximate surface area is 126 Å². The summed E-state index contributed by atoms with van der Waals surface area (Å²) in [6.07, 6.45) is 0. The van der Waals surface area contributed by atoms with Crippen LogP contribution in [0.2, 0.25) is 0 Å². The summed E-state index contributed by atoms with van der Waals surface area (Å²) in [5, 5.41) is 5.61. The van der Waals surface area contributed by atoms with Gasteiger partial charge in [-0.05, 0) is 13.0 Å². The number of alkyl halides is 1. The van der Waals surface area contributed by atoms with Crippen molar-refractivity contribution in [2.75, 3.05) is 24.3 Å². The van der Waals surface area contributed by atoms with Crippen molar-refractivity contribution < 1.29 is 18.7 Å². The Morgan fingerprint density at radius 1 is 1.33 bits per heavy atom. The summed E-state index contributed by atoms with van der Waals surface area (Å²) in [5.41, 5.74) is 0.696. The van der Waals surface area contributed by atoms with Crippen molar-refractivity contribution in [3.63, 3.8) is 0 Å². The van der Waals surface area contributed by atoms with Crippen molar-refractivity contribution in [1.29, 1.82) is 0 Å². The Hall–Kier alpha value is -2.21. The number of anilines is 1. The maximum Gasteiger partial charge on any atom is 0.344 e. The van der Waals surface area contributed by atoms with Gasteiger partial charge in [0, 0.05) is 17.8 Å². The Kier molecular flexibility index (Phi) is 5.05. The van der Waals surface area contributed by atoms with Crippen LogP contribution in [0.25, 0.3) is 11.0 Å². The number of ether oxygens (including phenoxy) is 1. The molecule has 0 aliphatic rings. The molecular weight excluding hydrogens is 296 g/mol. The summed E-state index contributed by atoms with van der Waals surface area (Å²) in [6.45, 7) is 2.25. The average molecular weight is 311 g/mol. The average Bonchev–Trinajstić information content (AvgIpc) is 2.83. The number of esters is 1. The van der Waals surface area contributed by atoms with Crippen LogP contribution in [0.3, 0.4) is 0 Å². The maximum absolute atomic E-state index is 12.1. The minimum atomic E-state index is -0.546. The molecule has 2 aromatic rings. The van der Waals surface area contributed by atoms with Crippen molar-refractivity contribution in [2.45, 2.75) is 6.92 Å². The third-order valence-electron chi connectivity index (χ3n) is 2.68. The summed E-state index contributed by atoms with van der Waals surface area (Å²) in [6, 6.07) is 6.49. The van der Waals surface area contributed by atoms with Crippen molar-refractivity contribution >= 4 is 40.5 Å². The summed E-state index contributed by atoms with van der Waals surface area (Å²) < 4.78 is 10.5. The van der Waals surface area contributed by atoms with Gasteiger partial charge in [0.05, 0.1) is 6.61 Å². The maximum atomic E-state index is 12.1. The molecule has 2 rings (SSSR count). The molecule has 1 aromatic heterocycles. The minimum Gasteiger partial charge on any atom is -0.462 e. The molecule has 0 bridgehead atoms. The van der Waals surface area contributed by atoms with E-state index in [0.717, 1.165) is 0 Å². The number of furan rings is 1. The van der Waals surface area contributed by atoms with E-state index in [0.29, 0.717) is 17.5 Å². The molecular formula is C14H15ClN2O4. The molecule has 21 heavy (non-hydrogen) atoms. The van der Waals surface area contributed by atoms with Gasteiger partial charge in [0.15, 0.2) is 0 Å². The number of rotatable bonds is 5. The molecule has 0 fully saturated rings. The standard InChI is InChI=1S/C14H15ClN2O4/c1-2-20-13(18)11-9-5-3-4-6-10(9)21-12(11)17-14(19)16-8-7-15/h3-6H,2,7-8H2,1H3,(H2,16,17,19). The van der Waals surface area contributed by atoms with Crippen LogP contribution in [-0.2, 0) is 4.74 Å². The fourth-order valence-corrected chi connectivity index (χ4v) is 1.94. The van der Waals surface area contributed by atoms with Crippen LogP contribution in [0.1, 0.15) is 17.3 Å². The number of urea groups is 1. The van der Waals surface area contributed by atoms with Crippen LogP contribution >= 0.6 is 11.6 Å². The first-order valence-corrected chi connectivity index (χ1v) is 7.00. The first-order valence-electron chi connectivity index (χ1n) is 6.46. The summed E-state index contributed by atoms with van der Waals surface area (Å²) in [5.74, 6) is -0.199. The Balaban J connectivity index is 2.35. The quantitative estimate of drug-likeness (QED) is 0.657. The number of amides is 2. The van der Waals surface area contributed by atoms with E-state index in [4.69, 9.17) is 20.8 Å². The summed E-state index contributed by atoms with van der Waals surface area (Å²) in [4.78, 5) is 23.7. The van der Waals surface area contributed by atoms with Crippen LogP contribution in [0.4, 0.5) is 10.7 Å². The van der Waals surface area contributed by atoms with Crippen molar-refractivity contribution in [1.82, 2.24) is 5.32 Å². The fourth-order valence-electron chi connectivity index (χ4n) is 1.85. The third kappa shape index (κ3) is 3.46. The van der Waals surface area contributed by atoms with E-state index >= 15 is 0 Å². The van der Waals surface area contributed by atoms with E-state index in [2.05, 4.69) is 10.6 Å². The van der Waals surface area contributed by atoms with Crippen LogP contribution < -0.4 is 10.6 Å². The molecule has 0 radical (unpaired) electrons. The molecule has 0 saturated carbocycles. The molecule has 0 aliphatic carbocycles. The van der Waals surface area contributed by atoms with Crippen LogP contribution in [-0.4, -0.2) is 31.0 Å². The zero-order valence-electron chi connectivity index (χ0n) is 11.4. The highest BCUT2D eigenvalue weighted by molar-refractivity contribution is 6.18. The van der Waals surface area contributed by atoms with Crippen LogP contribution in [0.5, 0.6) is 0 Å². The smallest absolute Gasteiger partial charge is 0.344 e. The molecule has 2 amide bonds. The van der Waals surface area contributed by atoms with E-state index in [1.54, 1.807) is 31.2 Å². The molecule has 0 aliphatic heterocycles. The SMILES string of the molecule is CCOC(=O)c1c(NC(=O)NCCCl)oc2ccccc12. The third-order valence-corrected chi connectivity index (χ3v) is 2.87. The number of hydrogen-bond acceptors (Lipinski definition) is 4. The van der Waals surface area contributed by atoms with Gasteiger partial charge >= 0.3 is 12.0 Å². The number of carbonyl (C=O) groups excluding carboxylic acids is 2. The van der Waals surface area contributed by atoms with Crippen molar-refractivity contribution in [3.8, 4) is 0 Å². The highest BCUT2D eigenvalue weighted by Crippen LogP contribution is 2.30. The molecule has 1 aromatic carbocycles. The zero-order valence-corrected chi connectivity index (χ0v) is 12.2. The number of para-hydroxylation sites is 1. The van der Waals surface area contributed by atoms with Gasteiger partial charge in [-0.1, -0.05) is 18.2 Å². The number of hydrogen-bond donors (Lipinski definition) is 2. The monoisotopic (exact) mass is 310 g/mol. The lowest BCUT2D eigenvalue weighted by Gasteiger charge is -2.06. The molecule has 0 unspecified atom stereocenters. The van der Waals surface area contributed by atoms with Crippen LogP contribution in [0, 0.1) is 0 Å². The van der Waals surface area contributed by atoms with Crippen molar-refractivity contribution in [3.05, 3.63) is 29.8 Å². The van der Waals surface area contributed by atoms with Gasteiger partial charge in [-0.25, -0.2) is 9.59 Å². The Morgan fingerprint density at radius 3 is 2.81 bits per heavy atom. The number of halogens is 1. The molecule has 7 heteroatoms.